The number of carboxylic acid groups (broad SMARTS) is 4. The van der Waals surface area contributed by atoms with Crippen molar-refractivity contribution in [3.05, 3.63) is 71.8 Å². The number of hydrogen-bond acceptors (Lipinski definition) is 14. The maximum absolute atomic E-state index is 12.6. The number of hydrogen-bond donors (Lipinski definition) is 8. The molecule has 0 fully saturated rings. The van der Waals surface area contributed by atoms with Crippen molar-refractivity contribution >= 4 is 65.9 Å². The molecule has 22 heteroatoms. The van der Waals surface area contributed by atoms with Crippen LogP contribution in [-0.4, -0.2) is 116 Å². The van der Waals surface area contributed by atoms with E-state index in [9.17, 15) is 53.1 Å². The first-order chi connectivity index (χ1) is 30.5. The number of nitrogens with one attached hydrogen (secondary N) is 4. The number of esters is 1. The van der Waals surface area contributed by atoms with Crippen LogP contribution in [0.15, 0.2) is 60.7 Å². The van der Waals surface area contributed by atoms with Crippen LogP contribution in [0.1, 0.15) is 97.1 Å². The molecule has 8 N–H and O–H groups in total. The first-order valence-electron chi connectivity index (χ1n) is 20.0. The summed E-state index contributed by atoms with van der Waals surface area (Å²) in [4.78, 5) is 125. The molecule has 0 spiro atoms. The van der Waals surface area contributed by atoms with Gasteiger partial charge in [0.2, 0.25) is 11.8 Å². The van der Waals surface area contributed by atoms with Crippen molar-refractivity contribution in [3.8, 4) is 0 Å². The Balaban J connectivity index is 0.00000120. The molecule has 0 saturated carbocycles. The molecule has 0 heterocycles. The predicted molar refractivity (Wildman–Crippen MR) is 227 cm³/mol. The first-order valence-corrected chi connectivity index (χ1v) is 20.0. The van der Waals surface area contributed by atoms with E-state index in [2.05, 4.69) is 21.3 Å². The van der Waals surface area contributed by atoms with Crippen LogP contribution in [-0.2, 0) is 70.6 Å². The number of ether oxygens (including phenoxy) is 3. The molecule has 2 aromatic rings. The van der Waals surface area contributed by atoms with Crippen molar-refractivity contribution < 1.29 is 87.4 Å². The highest BCUT2D eigenvalue weighted by molar-refractivity contribution is 5.89. The summed E-state index contributed by atoms with van der Waals surface area (Å²) in [7, 11) is 0. The van der Waals surface area contributed by atoms with Gasteiger partial charge in [0.25, 0.3) is 6.47 Å². The van der Waals surface area contributed by atoms with Gasteiger partial charge in [0.05, 0.1) is 6.04 Å². The number of carbonyl (C=O) groups is 11. The van der Waals surface area contributed by atoms with Crippen molar-refractivity contribution in [2.24, 2.45) is 0 Å². The van der Waals surface area contributed by atoms with Crippen LogP contribution < -0.4 is 21.3 Å². The average molecular weight is 919 g/mol. The number of alkyl carbamates (subject to hydrolysis) is 2. The Morgan fingerprint density at radius 3 is 1.32 bits per heavy atom. The van der Waals surface area contributed by atoms with Gasteiger partial charge in [-0.05, 0) is 71.4 Å². The normalized spacial score (nSPS) is 12.1. The van der Waals surface area contributed by atoms with Crippen molar-refractivity contribution in [2.45, 2.75) is 129 Å². The van der Waals surface area contributed by atoms with E-state index in [0.717, 1.165) is 5.56 Å². The third-order valence-electron chi connectivity index (χ3n) is 8.21. The Hall–Kier alpha value is -7.39. The van der Waals surface area contributed by atoms with Crippen molar-refractivity contribution in [2.75, 3.05) is 0 Å². The van der Waals surface area contributed by atoms with Crippen molar-refractivity contribution in [1.29, 1.82) is 0 Å². The molecule has 4 amide bonds. The Morgan fingerprint density at radius 1 is 0.569 bits per heavy atom. The maximum atomic E-state index is 12.6. The minimum Gasteiger partial charge on any atom is -0.483 e. The van der Waals surface area contributed by atoms with E-state index < -0.39 is 90.5 Å². The summed E-state index contributed by atoms with van der Waals surface area (Å²) >= 11 is 0. The Kier molecular flexibility index (Phi) is 27.9. The van der Waals surface area contributed by atoms with Crippen LogP contribution in [0.25, 0.3) is 0 Å². The number of Topliss-reactive ketones (excluding diaryl/α,β-unsaturated/α-hetero) is 2. The number of carboxylic acids is 3. The van der Waals surface area contributed by atoms with Crippen molar-refractivity contribution in [3.63, 3.8) is 0 Å². The van der Waals surface area contributed by atoms with Gasteiger partial charge >= 0.3 is 36.1 Å². The highest BCUT2D eigenvalue weighted by atomic mass is 16.6. The van der Waals surface area contributed by atoms with E-state index in [1.807, 2.05) is 18.2 Å². The molecule has 0 aliphatic rings. The van der Waals surface area contributed by atoms with Gasteiger partial charge in [0.1, 0.15) is 42.7 Å². The summed E-state index contributed by atoms with van der Waals surface area (Å²) in [5, 5.41) is 42.9. The summed E-state index contributed by atoms with van der Waals surface area (Å²) in [5.41, 5.74) is 0.691. The number of amides is 4. The van der Waals surface area contributed by atoms with Gasteiger partial charge < -0.3 is 60.7 Å². The lowest BCUT2D eigenvalue weighted by atomic mass is 10.1. The van der Waals surface area contributed by atoms with Gasteiger partial charge in [-0.25, -0.2) is 24.0 Å². The summed E-state index contributed by atoms with van der Waals surface area (Å²) in [6, 6.07) is 13.0. The molecule has 0 unspecified atom stereocenters. The Labute approximate surface area is 374 Å². The molecule has 0 aliphatic carbocycles. The molecular weight excluding hydrogens is 860 g/mol. The molecule has 0 bridgehead atoms. The van der Waals surface area contributed by atoms with Crippen molar-refractivity contribution in [1.82, 2.24) is 21.3 Å². The van der Waals surface area contributed by atoms with E-state index in [1.54, 1.807) is 63.2 Å². The monoisotopic (exact) mass is 918 g/mol. The fraction of sp³-hybridized carbons (Fsp3) is 0.465. The number of ketones is 2. The fourth-order valence-electron chi connectivity index (χ4n) is 5.03. The third kappa shape index (κ3) is 29.5. The van der Waals surface area contributed by atoms with E-state index in [0.29, 0.717) is 5.56 Å². The zero-order valence-electron chi connectivity index (χ0n) is 36.7. The number of aliphatic carboxylic acids is 3. The predicted octanol–water partition coefficient (Wildman–Crippen LogP) is 3.13. The van der Waals surface area contributed by atoms with E-state index in [1.165, 1.54) is 13.8 Å². The maximum Gasteiger partial charge on any atom is 0.408 e. The summed E-state index contributed by atoms with van der Waals surface area (Å²) < 4.78 is 15.4. The van der Waals surface area contributed by atoms with Gasteiger partial charge in [-0.3, -0.25) is 24.0 Å². The molecule has 22 nitrogen and oxygen atoms in total. The smallest absolute Gasteiger partial charge is 0.408 e. The second kappa shape index (κ2) is 31.4. The minimum atomic E-state index is -1.42. The van der Waals surface area contributed by atoms with Crippen LogP contribution in [0.2, 0.25) is 0 Å². The van der Waals surface area contributed by atoms with Gasteiger partial charge in [0.15, 0.2) is 5.78 Å². The molecule has 0 aliphatic heterocycles. The topological polar surface area (TPSA) is 344 Å². The largest absolute Gasteiger partial charge is 0.483 e. The molecule has 2 aromatic carbocycles. The number of carbonyl (C=O) groups excluding carboxylic acids is 7. The van der Waals surface area contributed by atoms with E-state index in [-0.39, 0.29) is 69.8 Å². The fourth-order valence-corrected chi connectivity index (χ4v) is 5.03. The van der Waals surface area contributed by atoms with E-state index in [4.69, 9.17) is 34.3 Å². The molecule has 0 saturated heterocycles. The molecule has 4 atom stereocenters. The van der Waals surface area contributed by atoms with Gasteiger partial charge in [-0.2, -0.15) is 0 Å². The zero-order valence-corrected chi connectivity index (χ0v) is 36.7. The number of benzene rings is 2. The van der Waals surface area contributed by atoms with Crippen LogP contribution in [0.3, 0.4) is 0 Å². The first kappa shape index (κ1) is 57.6. The van der Waals surface area contributed by atoms with Gasteiger partial charge in [-0.1, -0.05) is 60.7 Å². The van der Waals surface area contributed by atoms with Crippen LogP contribution in [0.4, 0.5) is 9.59 Å². The minimum absolute atomic E-state index is 0.0185. The quantitative estimate of drug-likeness (QED) is 0.0426. The highest BCUT2D eigenvalue weighted by Crippen LogP contribution is 2.12. The van der Waals surface area contributed by atoms with E-state index >= 15 is 0 Å². The van der Waals surface area contributed by atoms with Crippen LogP contribution in [0, 0.1) is 0 Å². The van der Waals surface area contributed by atoms with Gasteiger partial charge in [0, 0.05) is 25.7 Å². The molecule has 2 rings (SSSR count). The number of rotatable bonds is 24. The van der Waals surface area contributed by atoms with Crippen LogP contribution >= 0.6 is 0 Å². The third-order valence-corrected chi connectivity index (χ3v) is 8.21. The lowest BCUT2D eigenvalue weighted by Crippen LogP contribution is -2.46. The standard InChI is InChI=1S/C24H34N2O7.C18H22N2O9.CH2O2/c1-16(27)11-12-19(17(2)28)25-21(29)14-13-20(22(30)33-24(3,4)5)26-23(31)32-15-18-9-7-6-8-10-18;21-14(19-12(16(24)25)7-9-15(22)23)8-6-13(17(26)27)20-18(28)29-10-11-4-2-1-3-5-11;2-1-3/h6-10,19-20H,11-15H2,1-5H3,(H,25,29)(H,26,31);1-5,12-13H,6-10H2,(H,19,21)(H,20,28)(H,22,23)(H,24,25)(H,26,27);1H,(H,2,3)/t19-,20-;12-,13-;/m00./s1. The second-order valence-corrected chi connectivity index (χ2v) is 14.9. The molecule has 0 aromatic heterocycles. The van der Waals surface area contributed by atoms with Gasteiger partial charge in [-0.15, -0.1) is 0 Å². The van der Waals surface area contributed by atoms with Crippen LogP contribution in [0.5, 0.6) is 0 Å². The second-order valence-electron chi connectivity index (χ2n) is 14.9. The SMILES string of the molecule is CC(=O)CC[C@H](NC(=O)CC[C@H](NC(=O)OCc1ccccc1)C(=O)OC(C)(C)C)C(C)=O.O=C(O)CC[C@H](NC(=O)CC[C@H](NC(=O)OCc1ccccc1)C(=O)O)C(=O)O.O=CO. The Bertz CT molecular complexity index is 1890. The Morgan fingerprint density at radius 2 is 0.938 bits per heavy atom. The lowest BCUT2D eigenvalue weighted by molar-refractivity contribution is -0.157. The summed E-state index contributed by atoms with van der Waals surface area (Å²) in [5.74, 6) is -6.33. The average Bonchev–Trinajstić information content (AvgIpc) is 3.22. The molecule has 0 radical (unpaired) electrons. The zero-order chi connectivity index (χ0) is 49.5. The molecule has 358 valence electrons. The molecular formula is C43H58N4O18. The summed E-state index contributed by atoms with van der Waals surface area (Å²) in [6.45, 7) is 7.51. The summed E-state index contributed by atoms with van der Waals surface area (Å²) in [6.07, 6.45) is -3.11. The highest BCUT2D eigenvalue weighted by Gasteiger charge is 2.29. The lowest BCUT2D eigenvalue weighted by Gasteiger charge is -2.24. The molecule has 65 heavy (non-hydrogen) atoms.